The second-order valence-electron chi connectivity index (χ2n) is 5.20. The molecule has 2 aliphatic rings. The van der Waals surface area contributed by atoms with Gasteiger partial charge >= 0.3 is 0 Å². The van der Waals surface area contributed by atoms with E-state index in [0.717, 1.165) is 31.3 Å². The molecule has 3 heteroatoms. The Hall–Kier alpha value is -0.120. The predicted octanol–water partition coefficient (Wildman–Crippen LogP) is 1.63. The zero-order valence-electron chi connectivity index (χ0n) is 10.7. The van der Waals surface area contributed by atoms with Crippen LogP contribution in [0.1, 0.15) is 39.0 Å². The van der Waals surface area contributed by atoms with Crippen LogP contribution in [0.3, 0.4) is 0 Å². The zero-order valence-corrected chi connectivity index (χ0v) is 10.7. The van der Waals surface area contributed by atoms with Crippen LogP contribution in [-0.2, 0) is 4.74 Å². The lowest BCUT2D eigenvalue weighted by Gasteiger charge is -2.39. The van der Waals surface area contributed by atoms with Crippen molar-refractivity contribution in [3.8, 4) is 0 Å². The van der Waals surface area contributed by atoms with Crippen LogP contribution in [0.25, 0.3) is 0 Å². The lowest BCUT2D eigenvalue weighted by molar-refractivity contribution is 0.100. The van der Waals surface area contributed by atoms with Gasteiger partial charge in [-0.15, -0.1) is 0 Å². The number of ether oxygens (including phenoxy) is 1. The van der Waals surface area contributed by atoms with E-state index in [1.165, 1.54) is 38.6 Å². The van der Waals surface area contributed by atoms with E-state index in [9.17, 15) is 0 Å². The maximum Gasteiger partial charge on any atom is 0.0474 e. The number of nitrogens with zero attached hydrogens (tertiary/aromatic N) is 1. The van der Waals surface area contributed by atoms with E-state index in [1.807, 2.05) is 0 Å². The largest absolute Gasteiger partial charge is 0.385 e. The lowest BCUT2D eigenvalue weighted by Crippen LogP contribution is -2.49. The highest BCUT2D eigenvalue weighted by Gasteiger charge is 2.39. The Morgan fingerprint density at radius 1 is 1.25 bits per heavy atom. The maximum absolute atomic E-state index is 5.14. The fraction of sp³-hybridized carbons (Fsp3) is 1.00. The van der Waals surface area contributed by atoms with E-state index < -0.39 is 0 Å². The van der Waals surface area contributed by atoms with Crippen molar-refractivity contribution in [1.82, 2.24) is 10.2 Å². The lowest BCUT2D eigenvalue weighted by atomic mass is 9.97. The van der Waals surface area contributed by atoms with Gasteiger partial charge in [0, 0.05) is 38.4 Å². The summed E-state index contributed by atoms with van der Waals surface area (Å²) < 4.78 is 5.14. The van der Waals surface area contributed by atoms with Gasteiger partial charge in [-0.1, -0.05) is 6.92 Å². The van der Waals surface area contributed by atoms with E-state index in [-0.39, 0.29) is 0 Å². The molecule has 2 atom stereocenters. The van der Waals surface area contributed by atoms with Crippen molar-refractivity contribution < 1.29 is 4.74 Å². The van der Waals surface area contributed by atoms with E-state index in [2.05, 4.69) is 17.1 Å². The van der Waals surface area contributed by atoms with Crippen molar-refractivity contribution in [2.45, 2.75) is 57.2 Å². The van der Waals surface area contributed by atoms with Crippen LogP contribution in [0.15, 0.2) is 0 Å². The molecule has 2 unspecified atom stereocenters. The Morgan fingerprint density at radius 3 is 2.50 bits per heavy atom. The molecular weight excluding hydrogens is 200 g/mol. The summed E-state index contributed by atoms with van der Waals surface area (Å²) in [7, 11) is 1.80. The fourth-order valence-corrected chi connectivity index (χ4v) is 3.49. The summed E-state index contributed by atoms with van der Waals surface area (Å²) in [4.78, 5) is 2.74. The number of fused-ring (bicyclic) bond motifs is 2. The number of hydrogen-bond donors (Lipinski definition) is 1. The smallest absolute Gasteiger partial charge is 0.0474 e. The highest BCUT2D eigenvalue weighted by atomic mass is 16.5. The van der Waals surface area contributed by atoms with Crippen LogP contribution in [0, 0.1) is 0 Å². The first-order chi connectivity index (χ1) is 7.85. The van der Waals surface area contributed by atoms with Gasteiger partial charge in [0.1, 0.15) is 0 Å². The van der Waals surface area contributed by atoms with Gasteiger partial charge in [0.2, 0.25) is 0 Å². The molecule has 2 fully saturated rings. The van der Waals surface area contributed by atoms with Crippen LogP contribution in [0.2, 0.25) is 0 Å². The molecule has 16 heavy (non-hydrogen) atoms. The third-order valence-electron chi connectivity index (χ3n) is 4.14. The van der Waals surface area contributed by atoms with Crippen LogP contribution in [0.5, 0.6) is 0 Å². The number of nitrogens with one attached hydrogen (secondary N) is 1. The van der Waals surface area contributed by atoms with Crippen molar-refractivity contribution in [1.29, 1.82) is 0 Å². The third-order valence-corrected chi connectivity index (χ3v) is 4.14. The SMILES string of the molecule is CCNC1CC2CCC(C1)N2CCCOC. The normalized spacial score (nSPS) is 34.5. The molecule has 0 amide bonds. The quantitative estimate of drug-likeness (QED) is 0.697. The topological polar surface area (TPSA) is 24.5 Å². The molecule has 0 spiro atoms. The van der Waals surface area contributed by atoms with E-state index in [4.69, 9.17) is 4.74 Å². The number of hydrogen-bond acceptors (Lipinski definition) is 3. The molecule has 2 saturated heterocycles. The van der Waals surface area contributed by atoms with E-state index in [0.29, 0.717) is 0 Å². The Morgan fingerprint density at radius 2 is 1.94 bits per heavy atom. The number of methoxy groups -OCH3 is 1. The number of piperidine rings is 1. The molecule has 2 rings (SSSR count). The van der Waals surface area contributed by atoms with E-state index >= 15 is 0 Å². The van der Waals surface area contributed by atoms with Gasteiger partial charge in [0.25, 0.3) is 0 Å². The number of rotatable bonds is 6. The molecule has 0 aromatic rings. The van der Waals surface area contributed by atoms with Gasteiger partial charge in [0.05, 0.1) is 0 Å². The second kappa shape index (κ2) is 5.99. The van der Waals surface area contributed by atoms with Crippen molar-refractivity contribution >= 4 is 0 Å². The molecule has 0 radical (unpaired) electrons. The molecule has 0 aromatic heterocycles. The molecule has 94 valence electrons. The van der Waals surface area contributed by atoms with Gasteiger partial charge in [-0.2, -0.15) is 0 Å². The van der Waals surface area contributed by atoms with Crippen LogP contribution in [-0.4, -0.2) is 49.8 Å². The molecule has 0 saturated carbocycles. The first-order valence-electron chi connectivity index (χ1n) is 6.83. The maximum atomic E-state index is 5.14. The zero-order chi connectivity index (χ0) is 11.4. The first kappa shape index (κ1) is 12.3. The minimum atomic E-state index is 0.779. The molecule has 1 N–H and O–H groups in total. The van der Waals surface area contributed by atoms with Crippen molar-refractivity contribution in [2.24, 2.45) is 0 Å². The Labute approximate surface area is 99.5 Å². The Kier molecular flexibility index (Phi) is 4.62. The summed E-state index contributed by atoms with van der Waals surface area (Å²) >= 11 is 0. The average Bonchev–Trinajstić information content (AvgIpc) is 2.52. The monoisotopic (exact) mass is 226 g/mol. The first-order valence-corrected chi connectivity index (χ1v) is 6.83. The molecule has 2 bridgehead atoms. The molecule has 2 aliphatic heterocycles. The highest BCUT2D eigenvalue weighted by molar-refractivity contribution is 4.97. The summed E-state index contributed by atoms with van der Waals surface area (Å²) in [5, 5.41) is 3.62. The Balaban J connectivity index is 1.80. The third kappa shape index (κ3) is 2.76. The van der Waals surface area contributed by atoms with E-state index in [1.54, 1.807) is 7.11 Å². The van der Waals surface area contributed by atoms with Crippen LogP contribution >= 0.6 is 0 Å². The fourth-order valence-electron chi connectivity index (χ4n) is 3.49. The summed E-state index contributed by atoms with van der Waals surface area (Å²) in [6.07, 6.45) is 6.74. The van der Waals surface area contributed by atoms with Crippen molar-refractivity contribution in [3.63, 3.8) is 0 Å². The second-order valence-corrected chi connectivity index (χ2v) is 5.20. The van der Waals surface area contributed by atoms with Gasteiger partial charge in [-0.25, -0.2) is 0 Å². The summed E-state index contributed by atoms with van der Waals surface area (Å²) in [6.45, 7) is 5.48. The van der Waals surface area contributed by atoms with Crippen LogP contribution < -0.4 is 5.32 Å². The summed E-state index contributed by atoms with van der Waals surface area (Å²) in [5.41, 5.74) is 0. The highest BCUT2D eigenvalue weighted by Crippen LogP contribution is 2.35. The minimum Gasteiger partial charge on any atom is -0.385 e. The summed E-state index contributed by atoms with van der Waals surface area (Å²) in [5.74, 6) is 0. The van der Waals surface area contributed by atoms with Gasteiger partial charge in [-0.3, -0.25) is 4.90 Å². The van der Waals surface area contributed by atoms with Crippen LogP contribution in [0.4, 0.5) is 0 Å². The predicted molar refractivity (Wildman–Crippen MR) is 66.7 cm³/mol. The molecular formula is C13H26N2O. The van der Waals surface area contributed by atoms with Crippen molar-refractivity contribution in [3.05, 3.63) is 0 Å². The molecule has 2 heterocycles. The van der Waals surface area contributed by atoms with Gasteiger partial charge in [-0.05, 0) is 38.6 Å². The van der Waals surface area contributed by atoms with Crippen molar-refractivity contribution in [2.75, 3.05) is 26.8 Å². The molecule has 3 nitrogen and oxygen atoms in total. The van der Waals surface area contributed by atoms with Gasteiger partial charge < -0.3 is 10.1 Å². The molecule has 0 aliphatic carbocycles. The molecule has 0 aromatic carbocycles. The minimum absolute atomic E-state index is 0.779. The van der Waals surface area contributed by atoms with Gasteiger partial charge in [0.15, 0.2) is 0 Å². The standard InChI is InChI=1S/C13H26N2O/c1-3-14-11-9-12-5-6-13(10-11)15(12)7-4-8-16-2/h11-14H,3-10H2,1-2H3. The average molecular weight is 226 g/mol. The summed E-state index contributed by atoms with van der Waals surface area (Å²) in [6, 6.07) is 2.47. The Bertz CT molecular complexity index is 196.